The van der Waals surface area contributed by atoms with Crippen molar-refractivity contribution in [3.63, 3.8) is 0 Å². The first kappa shape index (κ1) is 38.6. The second-order valence-corrected chi connectivity index (χ2v) is 20.0. The van der Waals surface area contributed by atoms with E-state index in [4.69, 9.17) is 15.3 Å². The third-order valence-corrected chi connectivity index (χ3v) is 8.26. The SMILES string of the molecule is CC(=NC1C(C(C)C)CCCC1C(C)C)C1=CC=CC(C(C)=Nc2c(C(C)C)cccc2C(C)C)[N-]1.[CH2-][Si](C)(C)C.[Mn]. The molecule has 1 radical (unpaired) electrons. The minimum atomic E-state index is -0.861. The van der Waals surface area contributed by atoms with Crippen LogP contribution in [0.1, 0.15) is 111 Å². The monoisotopic (exact) mass is 630 g/mol. The second kappa shape index (κ2) is 17.2. The van der Waals surface area contributed by atoms with Crippen molar-refractivity contribution in [1.29, 1.82) is 0 Å². The molecule has 0 spiro atoms. The van der Waals surface area contributed by atoms with Gasteiger partial charge in [-0.2, -0.15) is 0 Å². The average Bonchev–Trinajstić information content (AvgIpc) is 2.87. The van der Waals surface area contributed by atoms with Gasteiger partial charge in [0.1, 0.15) is 0 Å². The van der Waals surface area contributed by atoms with Gasteiger partial charge in [-0.3, -0.25) is 9.98 Å². The van der Waals surface area contributed by atoms with Crippen molar-refractivity contribution < 1.29 is 17.1 Å². The van der Waals surface area contributed by atoms with Gasteiger partial charge < -0.3 is 11.9 Å². The Kier molecular flexibility index (Phi) is 15.8. The number of benzene rings is 1. The van der Waals surface area contributed by atoms with E-state index in [1.165, 1.54) is 30.4 Å². The molecule has 0 amide bonds. The van der Waals surface area contributed by atoms with Crippen molar-refractivity contribution in [2.45, 2.75) is 132 Å². The number of rotatable bonds is 8. The minimum absolute atomic E-state index is 0. The van der Waals surface area contributed by atoms with E-state index in [2.05, 4.69) is 132 Å². The van der Waals surface area contributed by atoms with E-state index in [0.717, 1.165) is 22.8 Å². The summed E-state index contributed by atoms with van der Waals surface area (Å²) in [6, 6.07) is 6.95. The Morgan fingerprint density at radius 2 is 1.36 bits per heavy atom. The summed E-state index contributed by atoms with van der Waals surface area (Å²) >= 11 is 0. The third-order valence-electron chi connectivity index (χ3n) is 8.26. The molecule has 1 aromatic rings. The van der Waals surface area contributed by atoms with Gasteiger partial charge in [-0.15, -0.1) is 13.8 Å². The summed E-state index contributed by atoms with van der Waals surface area (Å²) in [5, 5.41) is 5.14. The number of para-hydroxylation sites is 1. The van der Waals surface area contributed by atoms with Crippen LogP contribution in [0.25, 0.3) is 5.32 Å². The molecular formula is C37H61MnN3Si-2. The van der Waals surface area contributed by atoms with Crippen LogP contribution in [0, 0.1) is 30.2 Å². The van der Waals surface area contributed by atoms with Crippen molar-refractivity contribution in [3.8, 4) is 0 Å². The van der Waals surface area contributed by atoms with Crippen LogP contribution in [0.4, 0.5) is 5.69 Å². The molecule has 1 saturated carbocycles. The fraction of sp³-hybridized carbons (Fsp3) is 0.649. The van der Waals surface area contributed by atoms with Crippen molar-refractivity contribution >= 4 is 25.2 Å². The molecule has 1 heterocycles. The predicted octanol–water partition coefficient (Wildman–Crippen LogP) is 11.5. The summed E-state index contributed by atoms with van der Waals surface area (Å²) in [4.78, 5) is 10.6. The van der Waals surface area contributed by atoms with Gasteiger partial charge in [0.25, 0.3) is 0 Å². The van der Waals surface area contributed by atoms with E-state index >= 15 is 0 Å². The van der Waals surface area contributed by atoms with Crippen molar-refractivity contribution in [1.82, 2.24) is 0 Å². The van der Waals surface area contributed by atoms with Crippen LogP contribution in [0.2, 0.25) is 19.6 Å². The number of hydrogen-bond acceptors (Lipinski definition) is 2. The molecule has 1 fully saturated rings. The molecule has 0 saturated heterocycles. The summed E-state index contributed by atoms with van der Waals surface area (Å²) in [6.45, 7) is 33.3. The van der Waals surface area contributed by atoms with Gasteiger partial charge in [-0.25, -0.2) is 0 Å². The maximum atomic E-state index is 5.40. The quantitative estimate of drug-likeness (QED) is 0.156. The number of hydrogen-bond donors (Lipinski definition) is 0. The first-order valence-corrected chi connectivity index (χ1v) is 19.9. The third kappa shape index (κ3) is 11.6. The zero-order chi connectivity index (χ0) is 31.1. The zero-order valence-electron chi connectivity index (χ0n) is 29.1. The molecule has 3 nitrogen and oxygen atoms in total. The molecule has 1 aromatic carbocycles. The van der Waals surface area contributed by atoms with Crippen LogP contribution >= 0.6 is 0 Å². The largest absolute Gasteiger partial charge is 0.672 e. The molecule has 0 N–H and O–H groups in total. The number of aliphatic imine (C=N–C) groups is 2. The maximum Gasteiger partial charge on any atom is 0.0697 e. The van der Waals surface area contributed by atoms with Crippen LogP contribution < -0.4 is 0 Å². The molecule has 3 unspecified atom stereocenters. The fourth-order valence-corrected chi connectivity index (χ4v) is 6.00. The number of allylic oxidation sites excluding steroid dienone is 3. The maximum absolute atomic E-state index is 5.40. The van der Waals surface area contributed by atoms with Gasteiger partial charge in [0, 0.05) is 28.5 Å². The Bertz CT molecular complexity index is 1060. The molecule has 0 bridgehead atoms. The van der Waals surface area contributed by atoms with E-state index < -0.39 is 8.07 Å². The Hall–Kier alpha value is -1.42. The fourth-order valence-electron chi connectivity index (χ4n) is 6.00. The van der Waals surface area contributed by atoms with E-state index in [9.17, 15) is 0 Å². The van der Waals surface area contributed by atoms with Gasteiger partial charge >= 0.3 is 0 Å². The molecule has 5 heteroatoms. The molecule has 3 atom stereocenters. The van der Waals surface area contributed by atoms with E-state index in [0.29, 0.717) is 41.5 Å². The summed E-state index contributed by atoms with van der Waals surface area (Å²) in [6.07, 6.45) is 10.4. The summed E-state index contributed by atoms with van der Waals surface area (Å²) in [7, 11) is -0.861. The molecule has 1 aliphatic carbocycles. The topological polar surface area (TPSA) is 38.8 Å². The van der Waals surface area contributed by atoms with Crippen LogP contribution in [-0.2, 0) is 17.1 Å². The van der Waals surface area contributed by atoms with Gasteiger partial charge in [-0.05, 0) is 73.3 Å². The second-order valence-electron chi connectivity index (χ2n) is 14.9. The standard InChI is InChI=1S/C33H50N3.C4H11Si.Mn/c1-20(2)26-14-11-15-27(21(3)4)32(26)34-24(9)30-18-13-19-31(36-30)25(10)35-33-28(22(5)6)16-12-17-29(33)23(7)8;1-5(2,3)4;/h11,13-15,18-23,28-30,33H,12,16-17H2,1-10H3;1H2,2-4H3;/q2*-1;. The minimum Gasteiger partial charge on any atom is -0.672 e. The van der Waals surface area contributed by atoms with E-state index in [1.54, 1.807) is 0 Å². The smallest absolute Gasteiger partial charge is 0.0697 e. The van der Waals surface area contributed by atoms with Gasteiger partial charge in [0.2, 0.25) is 0 Å². The summed E-state index contributed by atoms with van der Waals surface area (Å²) in [5.74, 6) is 3.48. The molecule has 3 rings (SSSR count). The molecular weight excluding hydrogens is 569 g/mol. The van der Waals surface area contributed by atoms with Crippen LogP contribution in [0.15, 0.2) is 52.1 Å². The predicted molar refractivity (Wildman–Crippen MR) is 188 cm³/mol. The first-order chi connectivity index (χ1) is 19.0. The van der Waals surface area contributed by atoms with Crippen molar-refractivity contribution in [2.24, 2.45) is 33.7 Å². The molecule has 42 heavy (non-hydrogen) atoms. The molecule has 1 aliphatic heterocycles. The van der Waals surface area contributed by atoms with Gasteiger partial charge in [-0.1, -0.05) is 124 Å². The Balaban J connectivity index is 0.00000135. The van der Waals surface area contributed by atoms with E-state index in [1.807, 2.05) is 0 Å². The van der Waals surface area contributed by atoms with Gasteiger partial charge in [0.15, 0.2) is 0 Å². The Morgan fingerprint density at radius 3 is 1.79 bits per heavy atom. The molecule has 0 aromatic heterocycles. The first-order valence-electron chi connectivity index (χ1n) is 16.2. The average molecular weight is 631 g/mol. The van der Waals surface area contributed by atoms with Crippen LogP contribution in [0.3, 0.4) is 0 Å². The van der Waals surface area contributed by atoms with Crippen molar-refractivity contribution in [2.75, 3.05) is 0 Å². The summed E-state index contributed by atoms with van der Waals surface area (Å²) < 4.78 is 0. The van der Waals surface area contributed by atoms with Crippen molar-refractivity contribution in [3.05, 3.63) is 65.1 Å². The van der Waals surface area contributed by atoms with Crippen LogP contribution in [-0.4, -0.2) is 31.6 Å². The van der Waals surface area contributed by atoms with Gasteiger partial charge in [0.05, 0.1) is 11.7 Å². The molecule has 237 valence electrons. The van der Waals surface area contributed by atoms with E-state index in [-0.39, 0.29) is 23.1 Å². The number of nitrogens with zero attached hydrogens (tertiary/aromatic N) is 3. The molecule has 2 aliphatic rings. The summed E-state index contributed by atoms with van der Waals surface area (Å²) in [5.41, 5.74) is 6.88. The van der Waals surface area contributed by atoms with Crippen LogP contribution in [0.5, 0.6) is 0 Å². The Labute approximate surface area is 272 Å². The normalized spacial score (nSPS) is 23.4. The Morgan fingerprint density at radius 1 is 0.881 bits per heavy atom. The zero-order valence-corrected chi connectivity index (χ0v) is 31.3.